The fourth-order valence-corrected chi connectivity index (χ4v) is 1.50. The summed E-state index contributed by atoms with van der Waals surface area (Å²) in [6.07, 6.45) is 0.929. The van der Waals surface area contributed by atoms with Crippen molar-refractivity contribution in [1.82, 2.24) is 0 Å². The van der Waals surface area contributed by atoms with E-state index in [1.807, 2.05) is 24.3 Å². The van der Waals surface area contributed by atoms with Gasteiger partial charge in [0.05, 0.1) is 14.2 Å². The Morgan fingerprint density at radius 3 is 2.35 bits per heavy atom. The smallest absolute Gasteiger partial charge is 0.337 e. The Morgan fingerprint density at radius 2 is 1.88 bits per heavy atom. The Morgan fingerprint density at radius 1 is 1.29 bits per heavy atom. The van der Waals surface area contributed by atoms with Gasteiger partial charge in [0.2, 0.25) is 0 Å². The van der Waals surface area contributed by atoms with Crippen molar-refractivity contribution < 1.29 is 19.4 Å². The average molecular weight is 238 g/mol. The van der Waals surface area contributed by atoms with Crippen LogP contribution < -0.4 is 4.74 Å². The molecule has 1 aromatic carbocycles. The summed E-state index contributed by atoms with van der Waals surface area (Å²) in [7, 11) is 2.88. The van der Waals surface area contributed by atoms with Gasteiger partial charge in [0, 0.05) is 0 Å². The number of benzene rings is 1. The highest BCUT2D eigenvalue weighted by Gasteiger charge is 2.30. The molecule has 0 aliphatic carbocycles. The highest BCUT2D eigenvalue weighted by atomic mass is 16.5. The van der Waals surface area contributed by atoms with Crippen molar-refractivity contribution in [2.24, 2.45) is 0 Å². The molecule has 0 heterocycles. The van der Waals surface area contributed by atoms with E-state index in [0.717, 1.165) is 11.3 Å². The molecule has 0 aliphatic rings. The zero-order valence-electron chi connectivity index (χ0n) is 10.4. The second kappa shape index (κ2) is 5.68. The predicted molar refractivity (Wildman–Crippen MR) is 64.0 cm³/mol. The molecular formula is C13H18O4. The van der Waals surface area contributed by atoms with Crippen LogP contribution in [0.1, 0.15) is 18.9 Å². The van der Waals surface area contributed by atoms with E-state index in [1.54, 1.807) is 7.11 Å². The summed E-state index contributed by atoms with van der Waals surface area (Å²) in [5, 5.41) is 9.85. The lowest BCUT2D eigenvalue weighted by Gasteiger charge is -2.19. The molecule has 1 N–H and O–H groups in total. The molecule has 1 unspecified atom stereocenters. The van der Waals surface area contributed by atoms with Crippen molar-refractivity contribution in [1.29, 1.82) is 0 Å². The number of carbonyl (C=O) groups is 1. The van der Waals surface area contributed by atoms with Crippen molar-refractivity contribution in [2.75, 3.05) is 14.2 Å². The molecule has 0 spiro atoms. The molecule has 1 rings (SSSR count). The van der Waals surface area contributed by atoms with Crippen LogP contribution in [0.5, 0.6) is 5.75 Å². The fraction of sp³-hybridized carbons (Fsp3) is 0.462. The van der Waals surface area contributed by atoms with Gasteiger partial charge in [-0.3, -0.25) is 0 Å². The zero-order chi connectivity index (χ0) is 12.9. The summed E-state index contributed by atoms with van der Waals surface area (Å²) < 4.78 is 9.58. The third-order valence-corrected chi connectivity index (χ3v) is 2.68. The number of ether oxygens (including phenoxy) is 2. The van der Waals surface area contributed by atoms with Crippen LogP contribution in [0.25, 0.3) is 0 Å². The van der Waals surface area contributed by atoms with E-state index in [4.69, 9.17) is 4.74 Å². The Labute approximate surface area is 101 Å². The molecule has 0 amide bonds. The van der Waals surface area contributed by atoms with Gasteiger partial charge in [-0.1, -0.05) is 12.1 Å². The topological polar surface area (TPSA) is 55.8 Å². The van der Waals surface area contributed by atoms with Crippen LogP contribution in [0.15, 0.2) is 24.3 Å². The van der Waals surface area contributed by atoms with Crippen LogP contribution >= 0.6 is 0 Å². The van der Waals surface area contributed by atoms with E-state index in [9.17, 15) is 9.90 Å². The minimum absolute atomic E-state index is 0.325. The molecule has 0 aliphatic heterocycles. The number of esters is 1. The number of aliphatic hydroxyl groups is 1. The summed E-state index contributed by atoms with van der Waals surface area (Å²) in [6, 6.07) is 7.52. The largest absolute Gasteiger partial charge is 0.497 e. The second-order valence-corrected chi connectivity index (χ2v) is 4.11. The minimum atomic E-state index is -1.44. The second-order valence-electron chi connectivity index (χ2n) is 4.11. The quantitative estimate of drug-likeness (QED) is 0.791. The molecule has 0 saturated carbocycles. The van der Waals surface area contributed by atoms with Crippen molar-refractivity contribution in [2.45, 2.75) is 25.4 Å². The van der Waals surface area contributed by atoms with Crippen molar-refractivity contribution in [3.05, 3.63) is 29.8 Å². The van der Waals surface area contributed by atoms with E-state index in [1.165, 1.54) is 14.0 Å². The highest BCUT2D eigenvalue weighted by Crippen LogP contribution is 2.17. The molecule has 0 fully saturated rings. The van der Waals surface area contributed by atoms with E-state index in [2.05, 4.69) is 4.74 Å². The first kappa shape index (κ1) is 13.5. The maximum absolute atomic E-state index is 11.3. The molecule has 0 bridgehead atoms. The van der Waals surface area contributed by atoms with Gasteiger partial charge in [0.1, 0.15) is 5.75 Å². The first-order valence-electron chi connectivity index (χ1n) is 5.43. The number of hydrogen-bond donors (Lipinski definition) is 1. The Hall–Kier alpha value is -1.55. The van der Waals surface area contributed by atoms with Crippen LogP contribution in [0.2, 0.25) is 0 Å². The summed E-state index contributed by atoms with van der Waals surface area (Å²) in [6.45, 7) is 1.46. The SMILES string of the molecule is COC(=O)C(C)(O)CCc1ccc(OC)cc1. The van der Waals surface area contributed by atoms with Gasteiger partial charge in [0.25, 0.3) is 0 Å². The first-order chi connectivity index (χ1) is 7.99. The third kappa shape index (κ3) is 3.75. The van der Waals surface area contributed by atoms with Crippen molar-refractivity contribution in [3.8, 4) is 5.75 Å². The molecule has 0 saturated heterocycles. The molecule has 0 aromatic heterocycles. The lowest BCUT2D eigenvalue weighted by molar-refractivity contribution is -0.161. The zero-order valence-corrected chi connectivity index (χ0v) is 10.4. The number of hydrogen-bond acceptors (Lipinski definition) is 4. The molecular weight excluding hydrogens is 220 g/mol. The molecule has 1 aromatic rings. The van der Waals surface area contributed by atoms with Gasteiger partial charge in [0.15, 0.2) is 5.60 Å². The summed E-state index contributed by atoms with van der Waals surface area (Å²) >= 11 is 0. The summed E-state index contributed by atoms with van der Waals surface area (Å²) in [5.41, 5.74) is -0.399. The van der Waals surface area contributed by atoms with Crippen LogP contribution in [0.3, 0.4) is 0 Å². The Balaban J connectivity index is 2.57. The number of aryl methyl sites for hydroxylation is 1. The van der Waals surface area contributed by atoms with Crippen LogP contribution in [0.4, 0.5) is 0 Å². The minimum Gasteiger partial charge on any atom is -0.497 e. The van der Waals surface area contributed by atoms with E-state index >= 15 is 0 Å². The van der Waals surface area contributed by atoms with Gasteiger partial charge < -0.3 is 14.6 Å². The van der Waals surface area contributed by atoms with Gasteiger partial charge in [-0.05, 0) is 37.5 Å². The van der Waals surface area contributed by atoms with Gasteiger partial charge in [-0.15, -0.1) is 0 Å². The highest BCUT2D eigenvalue weighted by molar-refractivity contribution is 5.78. The standard InChI is InChI=1S/C13H18O4/c1-13(15,12(14)17-3)9-8-10-4-6-11(16-2)7-5-10/h4-7,15H,8-9H2,1-3H3. The van der Waals surface area contributed by atoms with Gasteiger partial charge >= 0.3 is 5.97 Å². The van der Waals surface area contributed by atoms with Gasteiger partial charge in [-0.25, -0.2) is 4.79 Å². The summed E-state index contributed by atoms with van der Waals surface area (Å²) in [5.74, 6) is 0.180. The molecule has 17 heavy (non-hydrogen) atoms. The normalized spacial score (nSPS) is 13.9. The Kier molecular flexibility index (Phi) is 4.52. The average Bonchev–Trinajstić information content (AvgIpc) is 2.36. The molecule has 4 heteroatoms. The molecule has 4 nitrogen and oxygen atoms in total. The maximum Gasteiger partial charge on any atom is 0.337 e. The monoisotopic (exact) mass is 238 g/mol. The van der Waals surface area contributed by atoms with E-state index < -0.39 is 11.6 Å². The Bertz CT molecular complexity index is 368. The van der Waals surface area contributed by atoms with Crippen molar-refractivity contribution >= 4 is 5.97 Å². The number of carbonyl (C=O) groups excluding carboxylic acids is 1. The van der Waals surface area contributed by atoms with Crippen molar-refractivity contribution in [3.63, 3.8) is 0 Å². The first-order valence-corrected chi connectivity index (χ1v) is 5.43. The molecule has 94 valence electrons. The molecule has 0 radical (unpaired) electrons. The number of methoxy groups -OCH3 is 2. The summed E-state index contributed by atoms with van der Waals surface area (Å²) in [4.78, 5) is 11.3. The fourth-order valence-electron chi connectivity index (χ4n) is 1.50. The van der Waals surface area contributed by atoms with E-state index in [0.29, 0.717) is 12.8 Å². The maximum atomic E-state index is 11.3. The third-order valence-electron chi connectivity index (χ3n) is 2.68. The van der Waals surface area contributed by atoms with Crippen LogP contribution in [-0.2, 0) is 16.0 Å². The lowest BCUT2D eigenvalue weighted by atomic mass is 9.97. The van der Waals surface area contributed by atoms with Crippen LogP contribution in [-0.4, -0.2) is 30.9 Å². The lowest BCUT2D eigenvalue weighted by Crippen LogP contribution is -2.36. The predicted octanol–water partition coefficient (Wildman–Crippen LogP) is 1.55. The van der Waals surface area contributed by atoms with E-state index in [-0.39, 0.29) is 0 Å². The molecule has 1 atom stereocenters. The van der Waals surface area contributed by atoms with Gasteiger partial charge in [-0.2, -0.15) is 0 Å². The number of rotatable bonds is 5. The van der Waals surface area contributed by atoms with Crippen LogP contribution in [0, 0.1) is 0 Å².